The fraction of sp³-hybridized carbons (Fsp3) is 0.529. The fourth-order valence-corrected chi connectivity index (χ4v) is 4.38. The highest BCUT2D eigenvalue weighted by atomic mass is 32.1. The van der Waals surface area contributed by atoms with Gasteiger partial charge < -0.3 is 15.5 Å². The predicted octanol–water partition coefficient (Wildman–Crippen LogP) is 2.76. The second-order valence-electron chi connectivity index (χ2n) is 5.82. The van der Waals surface area contributed by atoms with E-state index in [1.807, 2.05) is 7.05 Å². The molecule has 0 amide bonds. The van der Waals surface area contributed by atoms with Crippen LogP contribution in [0.1, 0.15) is 23.4 Å². The molecule has 130 valence electrons. The Morgan fingerprint density at radius 1 is 1.21 bits per heavy atom. The number of nitrogens with one attached hydrogen (secondary N) is 2. The minimum atomic E-state index is 0.849. The average molecular weight is 364 g/mol. The van der Waals surface area contributed by atoms with E-state index in [0.717, 1.165) is 45.0 Å². The van der Waals surface area contributed by atoms with E-state index in [2.05, 4.69) is 43.4 Å². The number of guanidine groups is 1. The molecule has 1 aliphatic heterocycles. The highest BCUT2D eigenvalue weighted by Crippen LogP contribution is 2.24. The Morgan fingerprint density at radius 3 is 2.71 bits per heavy atom. The molecule has 7 heteroatoms. The van der Waals surface area contributed by atoms with Crippen molar-refractivity contribution in [1.29, 1.82) is 0 Å². The van der Waals surface area contributed by atoms with Gasteiger partial charge in [0.05, 0.1) is 5.69 Å². The van der Waals surface area contributed by atoms with E-state index in [1.54, 1.807) is 22.7 Å². The van der Waals surface area contributed by atoms with Gasteiger partial charge >= 0.3 is 0 Å². The molecule has 0 atom stereocenters. The molecule has 3 rings (SSSR count). The first-order chi connectivity index (χ1) is 11.8. The molecule has 1 saturated heterocycles. The highest BCUT2D eigenvalue weighted by Gasteiger charge is 2.15. The molecule has 1 aliphatic rings. The number of anilines is 1. The highest BCUT2D eigenvalue weighted by molar-refractivity contribution is 7.13. The van der Waals surface area contributed by atoms with E-state index in [0.29, 0.717) is 0 Å². The summed E-state index contributed by atoms with van der Waals surface area (Å²) in [5, 5.41) is 12.2. The molecule has 0 saturated carbocycles. The number of hydrogen-bond donors (Lipinski definition) is 2. The first kappa shape index (κ1) is 17.2. The Kier molecular flexibility index (Phi) is 6.48. The minimum absolute atomic E-state index is 0.849. The zero-order valence-electron chi connectivity index (χ0n) is 14.1. The normalized spacial score (nSPS) is 15.0. The third kappa shape index (κ3) is 4.95. The number of aliphatic imine (C=N–C) groups is 1. The summed E-state index contributed by atoms with van der Waals surface area (Å²) in [6.07, 6.45) is 4.55. The summed E-state index contributed by atoms with van der Waals surface area (Å²) in [4.78, 5) is 12.8. The fourth-order valence-electron chi connectivity index (χ4n) is 2.75. The summed E-state index contributed by atoms with van der Waals surface area (Å²) in [5.41, 5.74) is 1.17. The molecule has 2 aromatic heterocycles. The van der Waals surface area contributed by atoms with Crippen LogP contribution in [0.4, 0.5) is 5.13 Å². The van der Waals surface area contributed by atoms with Crippen molar-refractivity contribution in [2.75, 3.05) is 38.1 Å². The van der Waals surface area contributed by atoms with Crippen LogP contribution in [-0.2, 0) is 12.8 Å². The minimum Gasteiger partial charge on any atom is -0.356 e. The molecule has 2 aromatic rings. The molecule has 0 aromatic carbocycles. The molecule has 0 unspecified atom stereocenters. The number of hydrogen-bond acceptors (Lipinski definition) is 5. The SMILES string of the molecule is CN=C(NCCc1csc(N2CCCC2)n1)NCCc1cccs1. The lowest BCUT2D eigenvalue weighted by Crippen LogP contribution is -2.39. The van der Waals surface area contributed by atoms with Crippen LogP contribution < -0.4 is 15.5 Å². The molecule has 24 heavy (non-hydrogen) atoms. The largest absolute Gasteiger partial charge is 0.356 e. The maximum Gasteiger partial charge on any atom is 0.191 e. The van der Waals surface area contributed by atoms with E-state index in [4.69, 9.17) is 4.98 Å². The quantitative estimate of drug-likeness (QED) is 0.587. The van der Waals surface area contributed by atoms with Gasteiger partial charge in [-0.2, -0.15) is 0 Å². The Morgan fingerprint density at radius 2 is 2.00 bits per heavy atom. The maximum atomic E-state index is 4.76. The molecule has 0 aliphatic carbocycles. The second-order valence-corrected chi connectivity index (χ2v) is 7.69. The van der Waals surface area contributed by atoms with Crippen LogP contribution >= 0.6 is 22.7 Å². The van der Waals surface area contributed by atoms with Gasteiger partial charge in [0.25, 0.3) is 0 Å². The smallest absolute Gasteiger partial charge is 0.191 e. The van der Waals surface area contributed by atoms with Crippen LogP contribution in [0.25, 0.3) is 0 Å². The van der Waals surface area contributed by atoms with E-state index in [9.17, 15) is 0 Å². The Hall–Kier alpha value is -1.60. The Bertz CT molecular complexity index is 629. The number of aromatic nitrogens is 1. The molecule has 2 N–H and O–H groups in total. The lowest BCUT2D eigenvalue weighted by molar-refractivity contribution is 0.780. The van der Waals surface area contributed by atoms with Crippen molar-refractivity contribution in [3.8, 4) is 0 Å². The zero-order chi connectivity index (χ0) is 16.6. The summed E-state index contributed by atoms with van der Waals surface area (Å²) in [6.45, 7) is 4.07. The van der Waals surface area contributed by atoms with Gasteiger partial charge in [-0.05, 0) is 30.7 Å². The van der Waals surface area contributed by atoms with Crippen molar-refractivity contribution in [2.45, 2.75) is 25.7 Å². The monoisotopic (exact) mass is 363 g/mol. The molecular weight excluding hydrogens is 338 g/mol. The van der Waals surface area contributed by atoms with Gasteiger partial charge in [0.2, 0.25) is 0 Å². The van der Waals surface area contributed by atoms with E-state index >= 15 is 0 Å². The molecule has 0 bridgehead atoms. The van der Waals surface area contributed by atoms with Crippen molar-refractivity contribution in [3.05, 3.63) is 33.5 Å². The topological polar surface area (TPSA) is 52.6 Å². The number of thiazole rings is 1. The van der Waals surface area contributed by atoms with Crippen molar-refractivity contribution >= 4 is 33.8 Å². The molecular formula is C17H25N5S2. The maximum absolute atomic E-state index is 4.76. The van der Waals surface area contributed by atoms with Crippen LogP contribution in [0.3, 0.4) is 0 Å². The lowest BCUT2D eigenvalue weighted by Gasteiger charge is -2.12. The summed E-state index contributed by atoms with van der Waals surface area (Å²) in [5.74, 6) is 0.863. The molecule has 0 spiro atoms. The Labute approximate surface area is 151 Å². The average Bonchev–Trinajstić information content (AvgIpc) is 3.34. The van der Waals surface area contributed by atoms with Gasteiger partial charge in [-0.15, -0.1) is 22.7 Å². The van der Waals surface area contributed by atoms with Crippen molar-refractivity contribution < 1.29 is 0 Å². The van der Waals surface area contributed by atoms with Crippen molar-refractivity contribution in [3.63, 3.8) is 0 Å². The van der Waals surface area contributed by atoms with Crippen molar-refractivity contribution in [2.24, 2.45) is 4.99 Å². The summed E-state index contributed by atoms with van der Waals surface area (Å²) in [7, 11) is 1.81. The second kappa shape index (κ2) is 9.03. The third-order valence-electron chi connectivity index (χ3n) is 4.06. The number of thiophene rings is 1. The van der Waals surface area contributed by atoms with Gasteiger partial charge in [-0.1, -0.05) is 6.07 Å². The van der Waals surface area contributed by atoms with E-state index < -0.39 is 0 Å². The Balaban J connectivity index is 1.36. The number of rotatable bonds is 7. The zero-order valence-corrected chi connectivity index (χ0v) is 15.8. The van der Waals surface area contributed by atoms with Gasteiger partial charge in [0, 0.05) is 49.9 Å². The summed E-state index contributed by atoms with van der Waals surface area (Å²) < 4.78 is 0. The van der Waals surface area contributed by atoms with Crippen LogP contribution in [0.15, 0.2) is 27.9 Å². The molecule has 5 nitrogen and oxygen atoms in total. The third-order valence-corrected chi connectivity index (χ3v) is 5.94. The number of nitrogens with zero attached hydrogens (tertiary/aromatic N) is 3. The van der Waals surface area contributed by atoms with Crippen LogP contribution in [0.2, 0.25) is 0 Å². The van der Waals surface area contributed by atoms with Gasteiger partial charge in [-0.3, -0.25) is 4.99 Å². The van der Waals surface area contributed by atoms with E-state index in [-0.39, 0.29) is 0 Å². The summed E-state index contributed by atoms with van der Waals surface area (Å²) >= 11 is 3.56. The molecule has 1 fully saturated rings. The summed E-state index contributed by atoms with van der Waals surface area (Å²) in [6, 6.07) is 4.26. The first-order valence-electron chi connectivity index (χ1n) is 8.51. The van der Waals surface area contributed by atoms with Gasteiger partial charge in [-0.25, -0.2) is 4.98 Å². The standard InChI is InChI=1S/C17H25N5S2/c1-18-16(20-9-7-15-5-4-12-23-15)19-8-6-14-13-24-17(21-14)22-10-2-3-11-22/h4-5,12-13H,2-3,6-11H2,1H3,(H2,18,19,20). The van der Waals surface area contributed by atoms with Crippen LogP contribution in [-0.4, -0.2) is 44.2 Å². The van der Waals surface area contributed by atoms with E-state index in [1.165, 1.54) is 28.5 Å². The molecule has 0 radical (unpaired) electrons. The van der Waals surface area contributed by atoms with Crippen molar-refractivity contribution in [1.82, 2.24) is 15.6 Å². The van der Waals surface area contributed by atoms with Gasteiger partial charge in [0.1, 0.15) is 0 Å². The predicted molar refractivity (Wildman–Crippen MR) is 105 cm³/mol. The lowest BCUT2D eigenvalue weighted by atomic mass is 10.3. The first-order valence-corrected chi connectivity index (χ1v) is 10.3. The van der Waals surface area contributed by atoms with Gasteiger partial charge in [0.15, 0.2) is 11.1 Å². The van der Waals surface area contributed by atoms with Crippen LogP contribution in [0.5, 0.6) is 0 Å². The molecule has 3 heterocycles. The van der Waals surface area contributed by atoms with Crippen LogP contribution in [0, 0.1) is 0 Å².